The van der Waals surface area contributed by atoms with Crippen LogP contribution in [0, 0.1) is 0 Å². The highest BCUT2D eigenvalue weighted by Gasteiger charge is 2.31. The monoisotopic (exact) mass is 308 g/mol. The first-order chi connectivity index (χ1) is 11.3. The molecule has 1 fully saturated rings. The summed E-state index contributed by atoms with van der Waals surface area (Å²) in [5.74, 6) is 0.827. The summed E-state index contributed by atoms with van der Waals surface area (Å²) in [5.41, 5.74) is 2.01. The number of pyridine rings is 1. The molecule has 1 aromatic heterocycles. The molecular formula is C19H20N2O2. The van der Waals surface area contributed by atoms with Gasteiger partial charge in [-0.1, -0.05) is 18.2 Å². The Morgan fingerprint density at radius 1 is 1.35 bits per heavy atom. The van der Waals surface area contributed by atoms with E-state index in [-0.39, 0.29) is 5.91 Å². The van der Waals surface area contributed by atoms with E-state index < -0.39 is 0 Å². The Balaban J connectivity index is 1.70. The van der Waals surface area contributed by atoms with E-state index in [0.717, 1.165) is 29.7 Å². The maximum atomic E-state index is 12.5. The van der Waals surface area contributed by atoms with E-state index in [2.05, 4.69) is 4.98 Å². The van der Waals surface area contributed by atoms with Gasteiger partial charge in [-0.3, -0.25) is 9.78 Å². The molecular weight excluding hydrogens is 288 g/mol. The minimum absolute atomic E-state index is 0.0409. The smallest absolute Gasteiger partial charge is 0.247 e. The number of aromatic nitrogens is 1. The number of ether oxygens (including phenoxy) is 1. The SMILES string of the molecule is COc1cccc(C=CC(=O)N(Cc2cccnc2)C2CC2)c1. The molecule has 0 aliphatic heterocycles. The molecule has 4 heteroatoms. The van der Waals surface area contributed by atoms with Crippen molar-refractivity contribution >= 4 is 12.0 Å². The van der Waals surface area contributed by atoms with Gasteiger partial charge in [-0.2, -0.15) is 0 Å². The van der Waals surface area contributed by atoms with E-state index in [1.165, 1.54) is 0 Å². The fourth-order valence-corrected chi connectivity index (χ4v) is 2.47. The van der Waals surface area contributed by atoms with Crippen molar-refractivity contribution in [1.29, 1.82) is 0 Å². The van der Waals surface area contributed by atoms with Gasteiger partial charge in [-0.15, -0.1) is 0 Å². The van der Waals surface area contributed by atoms with Crippen molar-refractivity contribution in [2.45, 2.75) is 25.4 Å². The Hall–Kier alpha value is -2.62. The summed E-state index contributed by atoms with van der Waals surface area (Å²) >= 11 is 0. The van der Waals surface area contributed by atoms with Crippen molar-refractivity contribution in [2.75, 3.05) is 7.11 Å². The van der Waals surface area contributed by atoms with Gasteiger partial charge >= 0.3 is 0 Å². The van der Waals surface area contributed by atoms with Gasteiger partial charge in [0.2, 0.25) is 5.91 Å². The zero-order valence-corrected chi connectivity index (χ0v) is 13.2. The van der Waals surface area contributed by atoms with Crippen molar-refractivity contribution in [3.63, 3.8) is 0 Å². The van der Waals surface area contributed by atoms with Crippen molar-refractivity contribution in [1.82, 2.24) is 9.88 Å². The van der Waals surface area contributed by atoms with Crippen molar-refractivity contribution in [3.8, 4) is 5.75 Å². The number of carbonyl (C=O) groups is 1. The van der Waals surface area contributed by atoms with Gasteiger partial charge in [0.05, 0.1) is 7.11 Å². The van der Waals surface area contributed by atoms with Gasteiger partial charge in [-0.25, -0.2) is 0 Å². The molecule has 23 heavy (non-hydrogen) atoms. The molecule has 2 aromatic rings. The molecule has 1 aliphatic carbocycles. The minimum atomic E-state index is 0.0409. The predicted molar refractivity (Wildman–Crippen MR) is 89.8 cm³/mol. The molecule has 4 nitrogen and oxygen atoms in total. The Morgan fingerprint density at radius 3 is 2.91 bits per heavy atom. The maximum absolute atomic E-state index is 12.5. The number of benzene rings is 1. The van der Waals surface area contributed by atoms with Crippen LogP contribution in [0.25, 0.3) is 6.08 Å². The molecule has 3 rings (SSSR count). The number of rotatable bonds is 6. The quantitative estimate of drug-likeness (QED) is 0.769. The van der Waals surface area contributed by atoms with Crippen LogP contribution in [0.5, 0.6) is 5.75 Å². The summed E-state index contributed by atoms with van der Waals surface area (Å²) in [7, 11) is 1.64. The second kappa shape index (κ2) is 7.09. The number of methoxy groups -OCH3 is 1. The summed E-state index contributed by atoms with van der Waals surface area (Å²) in [6, 6.07) is 11.9. The van der Waals surface area contributed by atoms with Crippen molar-refractivity contribution in [3.05, 3.63) is 66.0 Å². The molecule has 1 saturated carbocycles. The van der Waals surface area contributed by atoms with Crippen LogP contribution in [-0.4, -0.2) is 28.9 Å². The lowest BCUT2D eigenvalue weighted by atomic mass is 10.2. The second-order valence-electron chi connectivity index (χ2n) is 5.67. The fourth-order valence-electron chi connectivity index (χ4n) is 2.47. The number of carbonyl (C=O) groups excluding carboxylic acids is 1. The van der Waals surface area contributed by atoms with Gasteiger partial charge in [-0.05, 0) is 48.2 Å². The molecule has 0 bridgehead atoms. The predicted octanol–water partition coefficient (Wildman–Crippen LogP) is 3.29. The number of nitrogens with zero attached hydrogens (tertiary/aromatic N) is 2. The van der Waals surface area contributed by atoms with Crippen LogP contribution in [0.3, 0.4) is 0 Å². The zero-order valence-electron chi connectivity index (χ0n) is 13.2. The van der Waals surface area contributed by atoms with Crippen LogP contribution < -0.4 is 4.74 Å². The van der Waals surface area contributed by atoms with Crippen LogP contribution in [-0.2, 0) is 11.3 Å². The molecule has 1 amide bonds. The Labute approximate surface area is 136 Å². The van der Waals surface area contributed by atoms with Gasteiger partial charge in [0.25, 0.3) is 0 Å². The van der Waals surface area contributed by atoms with Crippen LogP contribution in [0.4, 0.5) is 0 Å². The summed E-state index contributed by atoms with van der Waals surface area (Å²) in [6.07, 6.45) is 9.20. The van der Waals surface area contributed by atoms with Crippen LogP contribution >= 0.6 is 0 Å². The van der Waals surface area contributed by atoms with E-state index in [4.69, 9.17) is 4.74 Å². The average Bonchev–Trinajstić information content (AvgIpc) is 3.43. The fraction of sp³-hybridized carbons (Fsp3) is 0.263. The second-order valence-corrected chi connectivity index (χ2v) is 5.67. The van der Waals surface area contributed by atoms with Crippen LogP contribution in [0.2, 0.25) is 0 Å². The third kappa shape index (κ3) is 4.19. The first-order valence-corrected chi connectivity index (χ1v) is 7.78. The van der Waals surface area contributed by atoms with Gasteiger partial charge in [0, 0.05) is 31.1 Å². The van der Waals surface area contributed by atoms with Gasteiger partial charge < -0.3 is 9.64 Å². The maximum Gasteiger partial charge on any atom is 0.247 e. The summed E-state index contributed by atoms with van der Waals surface area (Å²) in [4.78, 5) is 18.6. The summed E-state index contributed by atoms with van der Waals surface area (Å²) < 4.78 is 5.20. The van der Waals surface area contributed by atoms with E-state index in [1.807, 2.05) is 53.6 Å². The van der Waals surface area contributed by atoms with E-state index >= 15 is 0 Å². The molecule has 0 unspecified atom stereocenters. The normalized spacial score (nSPS) is 14.0. The lowest BCUT2D eigenvalue weighted by Gasteiger charge is -2.20. The molecule has 0 atom stereocenters. The lowest BCUT2D eigenvalue weighted by Crippen LogP contribution is -2.31. The van der Waals surface area contributed by atoms with E-state index in [1.54, 1.807) is 19.4 Å². The zero-order chi connectivity index (χ0) is 16.1. The number of amides is 1. The Kier molecular flexibility index (Phi) is 4.71. The van der Waals surface area contributed by atoms with E-state index in [9.17, 15) is 4.79 Å². The van der Waals surface area contributed by atoms with Crippen LogP contribution in [0.1, 0.15) is 24.0 Å². The van der Waals surface area contributed by atoms with Gasteiger partial charge in [0.1, 0.15) is 5.75 Å². The molecule has 118 valence electrons. The van der Waals surface area contributed by atoms with E-state index in [0.29, 0.717) is 12.6 Å². The first-order valence-electron chi connectivity index (χ1n) is 7.78. The topological polar surface area (TPSA) is 42.4 Å². The van der Waals surface area contributed by atoms with Gasteiger partial charge in [0.15, 0.2) is 0 Å². The summed E-state index contributed by atoms with van der Waals surface area (Å²) in [6.45, 7) is 0.611. The number of hydrogen-bond acceptors (Lipinski definition) is 3. The molecule has 1 aromatic carbocycles. The molecule has 1 aliphatic rings. The Bertz CT molecular complexity index is 694. The third-order valence-corrected chi connectivity index (χ3v) is 3.86. The highest BCUT2D eigenvalue weighted by atomic mass is 16.5. The molecule has 0 N–H and O–H groups in total. The van der Waals surface area contributed by atoms with Crippen molar-refractivity contribution in [2.24, 2.45) is 0 Å². The molecule has 0 spiro atoms. The standard InChI is InChI=1S/C19H20N2O2/c1-23-18-6-2-4-15(12-18)7-10-19(22)21(17-8-9-17)14-16-5-3-11-20-13-16/h2-7,10-13,17H,8-9,14H2,1H3. The van der Waals surface area contributed by atoms with Crippen molar-refractivity contribution < 1.29 is 9.53 Å². The van der Waals surface area contributed by atoms with Crippen LogP contribution in [0.15, 0.2) is 54.9 Å². The highest BCUT2D eigenvalue weighted by Crippen LogP contribution is 2.28. The molecule has 1 heterocycles. The third-order valence-electron chi connectivity index (χ3n) is 3.86. The number of hydrogen-bond donors (Lipinski definition) is 0. The first kappa shape index (κ1) is 15.3. The molecule has 0 saturated heterocycles. The average molecular weight is 308 g/mol. The largest absolute Gasteiger partial charge is 0.497 e. The lowest BCUT2D eigenvalue weighted by molar-refractivity contribution is -0.127. The highest BCUT2D eigenvalue weighted by molar-refractivity contribution is 5.92. The summed E-state index contributed by atoms with van der Waals surface area (Å²) in [5, 5.41) is 0. The minimum Gasteiger partial charge on any atom is -0.497 e. The molecule has 0 radical (unpaired) electrons. The Morgan fingerprint density at radius 2 is 2.22 bits per heavy atom.